The number of imidazole rings is 1. The topological polar surface area (TPSA) is 157 Å². The summed E-state index contributed by atoms with van der Waals surface area (Å²) in [4.78, 5) is 65.8. The van der Waals surface area contributed by atoms with Crippen molar-refractivity contribution in [1.82, 2.24) is 18.7 Å². The number of esters is 2. The number of furan rings is 1. The molecular formula is C36H44N4O9. The molecule has 3 aliphatic carbocycles. The van der Waals surface area contributed by atoms with Crippen LogP contribution in [-0.4, -0.2) is 54.2 Å². The lowest BCUT2D eigenvalue weighted by atomic mass is 9.35. The Labute approximate surface area is 283 Å². The molecule has 5 aliphatic rings. The number of allylic oxidation sites excluding steroid dienone is 2. The van der Waals surface area contributed by atoms with Crippen LogP contribution < -0.4 is 11.2 Å². The number of carbonyl (C=O) groups is 3. The molecule has 2 aliphatic heterocycles. The fourth-order valence-corrected chi connectivity index (χ4v) is 10.7. The van der Waals surface area contributed by atoms with E-state index in [1.807, 2.05) is 19.9 Å². The summed E-state index contributed by atoms with van der Waals surface area (Å²) in [6.07, 6.45) is 8.98. The second-order valence-electron chi connectivity index (χ2n) is 15.8. The first-order chi connectivity index (χ1) is 22.9. The fraction of sp³-hybridized carbons (Fsp3) is 0.611. The quantitative estimate of drug-likeness (QED) is 0.291. The zero-order valence-electron chi connectivity index (χ0n) is 29.4. The average molecular weight is 677 g/mol. The molecule has 13 heteroatoms. The van der Waals surface area contributed by atoms with Crippen LogP contribution in [0.1, 0.15) is 72.5 Å². The Morgan fingerprint density at radius 2 is 1.71 bits per heavy atom. The molecule has 0 N–H and O–H groups in total. The van der Waals surface area contributed by atoms with Crippen molar-refractivity contribution in [3.05, 3.63) is 63.5 Å². The van der Waals surface area contributed by atoms with Crippen molar-refractivity contribution in [2.75, 3.05) is 0 Å². The van der Waals surface area contributed by atoms with Crippen molar-refractivity contribution in [2.45, 2.75) is 84.7 Å². The van der Waals surface area contributed by atoms with Crippen LogP contribution in [-0.2, 0) is 49.7 Å². The van der Waals surface area contributed by atoms with Crippen LogP contribution >= 0.6 is 0 Å². The Bertz CT molecular complexity index is 2060. The molecular weight excluding hydrogens is 632 g/mol. The van der Waals surface area contributed by atoms with Crippen molar-refractivity contribution in [3.63, 3.8) is 0 Å². The molecule has 13 nitrogen and oxygen atoms in total. The predicted octanol–water partition coefficient (Wildman–Crippen LogP) is 3.53. The van der Waals surface area contributed by atoms with Gasteiger partial charge in [-0.15, -0.1) is 0 Å². The van der Waals surface area contributed by atoms with Gasteiger partial charge in [0.1, 0.15) is 17.8 Å². The predicted molar refractivity (Wildman–Crippen MR) is 175 cm³/mol. The lowest BCUT2D eigenvalue weighted by Gasteiger charge is -2.68. The van der Waals surface area contributed by atoms with Crippen LogP contribution in [0.4, 0.5) is 0 Å². The van der Waals surface area contributed by atoms with Gasteiger partial charge >= 0.3 is 17.6 Å². The van der Waals surface area contributed by atoms with Gasteiger partial charge in [0.15, 0.2) is 23.1 Å². The van der Waals surface area contributed by atoms with Gasteiger partial charge in [-0.3, -0.25) is 23.5 Å². The largest absolute Gasteiger partial charge is 0.472 e. The number of cyclic esters (lactones) is 1. The molecule has 0 bridgehead atoms. The molecule has 2 saturated carbocycles. The maximum absolute atomic E-state index is 13.2. The highest BCUT2D eigenvalue weighted by Crippen LogP contribution is 2.79. The van der Waals surface area contributed by atoms with Crippen LogP contribution in [0.2, 0.25) is 0 Å². The molecule has 49 heavy (non-hydrogen) atoms. The Balaban J connectivity index is 0.000000226. The standard InChI is InChI=1S/C28H34O7.C8H10N4O2/c1-15(29)33-20-13-18-24(2,3)19(30)8-10-25(18,4)17-7-11-26(5)21(16-9-12-32-14-16)34-23(31)22-28(26,35-22)27(17,20)6;1-10-4-9-6-5(10)7(13)12(3)8(14)11(6)2/h8-10,12,14,17-18,20-22H,7,11,13H2,1-6H3;4H,1-3H3/t17-,18+,20-,21+,22-,25-,26+,27+,28-;/m1./s1. The van der Waals surface area contributed by atoms with E-state index in [1.54, 1.807) is 37.3 Å². The molecule has 0 aromatic carbocycles. The van der Waals surface area contributed by atoms with Crippen molar-refractivity contribution in [1.29, 1.82) is 0 Å². The summed E-state index contributed by atoms with van der Waals surface area (Å²) in [5, 5.41) is 0. The molecule has 262 valence electrons. The lowest BCUT2D eigenvalue weighted by molar-refractivity contribution is -0.251. The highest BCUT2D eigenvalue weighted by atomic mass is 16.7. The van der Waals surface area contributed by atoms with Crippen molar-refractivity contribution >= 4 is 28.9 Å². The van der Waals surface area contributed by atoms with Gasteiger partial charge < -0.3 is 23.2 Å². The fourth-order valence-electron chi connectivity index (χ4n) is 10.7. The number of aryl methyl sites for hydroxylation is 2. The number of ether oxygens (including phenoxy) is 3. The molecule has 0 amide bonds. The van der Waals surface area contributed by atoms with E-state index >= 15 is 0 Å². The van der Waals surface area contributed by atoms with Gasteiger partial charge in [0, 0.05) is 49.9 Å². The van der Waals surface area contributed by atoms with E-state index in [0.717, 1.165) is 23.0 Å². The van der Waals surface area contributed by atoms with E-state index in [1.165, 1.54) is 24.9 Å². The van der Waals surface area contributed by atoms with Gasteiger partial charge in [0.2, 0.25) is 0 Å². The van der Waals surface area contributed by atoms with Crippen LogP contribution in [0.5, 0.6) is 0 Å². The van der Waals surface area contributed by atoms with E-state index in [9.17, 15) is 24.0 Å². The van der Waals surface area contributed by atoms with Gasteiger partial charge in [0.25, 0.3) is 5.56 Å². The number of aromatic nitrogens is 4. The van der Waals surface area contributed by atoms with Gasteiger partial charge in [0.05, 0.1) is 18.9 Å². The molecule has 0 radical (unpaired) electrons. The van der Waals surface area contributed by atoms with Gasteiger partial charge in [-0.1, -0.05) is 40.7 Å². The number of hydrogen-bond acceptors (Lipinski definition) is 10. The van der Waals surface area contributed by atoms with Gasteiger partial charge in [-0.25, -0.2) is 14.6 Å². The Kier molecular flexibility index (Phi) is 7.04. The van der Waals surface area contributed by atoms with Crippen molar-refractivity contribution in [3.8, 4) is 0 Å². The summed E-state index contributed by atoms with van der Waals surface area (Å²) in [5.74, 6) is -0.603. The summed E-state index contributed by atoms with van der Waals surface area (Å²) in [7, 11) is 4.77. The first-order valence-corrected chi connectivity index (χ1v) is 16.8. The third kappa shape index (κ3) is 4.08. The summed E-state index contributed by atoms with van der Waals surface area (Å²) < 4.78 is 28.0. The van der Waals surface area contributed by atoms with E-state index in [0.29, 0.717) is 17.6 Å². The van der Waals surface area contributed by atoms with Crippen molar-refractivity contribution in [2.24, 2.45) is 54.6 Å². The summed E-state index contributed by atoms with van der Waals surface area (Å²) in [6.45, 7) is 12.0. The second kappa shape index (κ2) is 10.4. The van der Waals surface area contributed by atoms with Crippen LogP contribution in [0, 0.1) is 33.5 Å². The maximum atomic E-state index is 13.2. The minimum atomic E-state index is -0.853. The molecule has 5 heterocycles. The second-order valence-corrected chi connectivity index (χ2v) is 15.8. The number of carbonyl (C=O) groups excluding carboxylic acids is 3. The van der Waals surface area contributed by atoms with Gasteiger partial charge in [-0.05, 0) is 48.7 Å². The smallest absolute Gasteiger partial charge is 0.339 e. The Morgan fingerprint density at radius 3 is 2.37 bits per heavy atom. The normalized spacial score (nSPS) is 38.3. The highest BCUT2D eigenvalue weighted by Gasteiger charge is 2.88. The van der Waals surface area contributed by atoms with Crippen LogP contribution in [0.15, 0.2) is 51.1 Å². The highest BCUT2D eigenvalue weighted by molar-refractivity contribution is 5.96. The molecule has 3 aromatic heterocycles. The summed E-state index contributed by atoms with van der Waals surface area (Å²) in [5.41, 5.74) is -1.97. The SMILES string of the molecule is CC(=O)O[C@@H]1C[C@H]2C(C)(C)C(=O)C=C[C@]2(C)[C@H]2CC[C@@]3(C)[C@H](c4ccoc4)OC(=O)[C@H]4O[C@]43[C@@]21C.Cn1c(=O)c2c(ncn2C)n(C)c1=O. The Morgan fingerprint density at radius 1 is 1.00 bits per heavy atom. The zero-order valence-corrected chi connectivity index (χ0v) is 29.4. The monoisotopic (exact) mass is 676 g/mol. The minimum absolute atomic E-state index is 0.00639. The van der Waals surface area contributed by atoms with E-state index in [-0.39, 0.29) is 46.2 Å². The molecule has 1 spiro atoms. The number of epoxide rings is 1. The average Bonchev–Trinajstić information content (AvgIpc) is 3.39. The molecule has 9 atom stereocenters. The Hall–Kier alpha value is -4.26. The van der Waals surface area contributed by atoms with Crippen LogP contribution in [0.25, 0.3) is 11.2 Å². The number of nitrogens with zero attached hydrogens (tertiary/aromatic N) is 4. The molecule has 4 fully saturated rings. The summed E-state index contributed by atoms with van der Waals surface area (Å²) >= 11 is 0. The first kappa shape index (κ1) is 33.2. The third-order valence-corrected chi connectivity index (χ3v) is 13.2. The molecule has 3 aromatic rings. The first-order valence-electron chi connectivity index (χ1n) is 16.8. The minimum Gasteiger partial charge on any atom is -0.472 e. The maximum Gasteiger partial charge on any atom is 0.339 e. The number of fused-ring (bicyclic) bond motifs is 4. The van der Waals surface area contributed by atoms with E-state index in [2.05, 4.69) is 31.8 Å². The van der Waals surface area contributed by atoms with Crippen molar-refractivity contribution < 1.29 is 33.0 Å². The number of rotatable bonds is 2. The number of ketones is 1. The third-order valence-electron chi connectivity index (χ3n) is 13.2. The van der Waals surface area contributed by atoms with Crippen LogP contribution in [0.3, 0.4) is 0 Å². The number of hydrogen-bond donors (Lipinski definition) is 0. The summed E-state index contributed by atoms with van der Waals surface area (Å²) in [6, 6.07) is 1.84. The van der Waals surface area contributed by atoms with E-state index in [4.69, 9.17) is 18.6 Å². The molecule has 8 rings (SSSR count). The van der Waals surface area contributed by atoms with E-state index < -0.39 is 40.2 Å². The molecule has 2 saturated heterocycles. The zero-order chi connectivity index (χ0) is 35.6. The van der Waals surface area contributed by atoms with Gasteiger partial charge in [-0.2, -0.15) is 0 Å². The lowest BCUT2D eigenvalue weighted by Crippen LogP contribution is -2.72. The molecule has 0 unspecified atom stereocenters.